The summed E-state index contributed by atoms with van der Waals surface area (Å²) in [6, 6.07) is 7.32. The van der Waals surface area contributed by atoms with E-state index in [9.17, 15) is 13.2 Å². The van der Waals surface area contributed by atoms with Crippen molar-refractivity contribution in [3.8, 4) is 22.9 Å². The zero-order valence-corrected chi connectivity index (χ0v) is 10.4. The third kappa shape index (κ3) is 3.26. The highest BCUT2D eigenvalue weighted by Gasteiger charge is 2.31. The normalized spacial score (nSPS) is 10.9. The Morgan fingerprint density at radius 3 is 2.60 bits per heavy atom. The zero-order valence-electron chi connectivity index (χ0n) is 10.4. The van der Waals surface area contributed by atoms with E-state index in [1.807, 2.05) is 6.07 Å². The molecule has 1 aromatic heterocycles. The van der Waals surface area contributed by atoms with Gasteiger partial charge in [0.2, 0.25) is 0 Å². The van der Waals surface area contributed by atoms with Crippen molar-refractivity contribution in [3.05, 3.63) is 47.8 Å². The van der Waals surface area contributed by atoms with Crippen molar-refractivity contribution in [3.63, 3.8) is 0 Å². The fourth-order valence-electron chi connectivity index (χ4n) is 1.78. The molecule has 1 heterocycles. The maximum absolute atomic E-state index is 12.3. The van der Waals surface area contributed by atoms with Gasteiger partial charge in [0.15, 0.2) is 0 Å². The summed E-state index contributed by atoms with van der Waals surface area (Å²) in [5.41, 5.74) is 2.03. The minimum Gasteiger partial charge on any atom is -0.406 e. The zero-order chi connectivity index (χ0) is 14.8. The minimum atomic E-state index is -4.80. The topological polar surface area (TPSA) is 45.9 Å². The molecule has 1 aromatic carbocycles. The second-order valence-electron chi connectivity index (χ2n) is 4.10. The van der Waals surface area contributed by atoms with Gasteiger partial charge in [-0.2, -0.15) is 5.26 Å². The van der Waals surface area contributed by atoms with E-state index in [-0.39, 0.29) is 5.56 Å². The first-order valence-corrected chi connectivity index (χ1v) is 5.61. The number of alkyl halides is 3. The summed E-state index contributed by atoms with van der Waals surface area (Å²) in [6.45, 7) is 1.81. The number of rotatable bonds is 2. The van der Waals surface area contributed by atoms with Crippen molar-refractivity contribution in [2.24, 2.45) is 0 Å². The van der Waals surface area contributed by atoms with E-state index in [0.29, 0.717) is 11.1 Å². The average molecular weight is 278 g/mol. The first-order valence-electron chi connectivity index (χ1n) is 5.61. The minimum absolute atomic E-state index is 0.0880. The molecule has 102 valence electrons. The molecule has 0 aliphatic heterocycles. The molecule has 2 rings (SSSR count). The molecule has 0 bridgehead atoms. The van der Waals surface area contributed by atoms with Crippen LogP contribution in [-0.4, -0.2) is 11.3 Å². The summed E-state index contributed by atoms with van der Waals surface area (Å²) in [6.07, 6.45) is -1.68. The van der Waals surface area contributed by atoms with Crippen molar-refractivity contribution >= 4 is 0 Å². The number of nitriles is 1. The highest BCUT2D eigenvalue weighted by atomic mass is 19.4. The van der Waals surface area contributed by atoms with Crippen LogP contribution in [0.15, 0.2) is 36.7 Å². The molecule has 3 nitrogen and oxygen atoms in total. The van der Waals surface area contributed by atoms with Crippen molar-refractivity contribution in [2.45, 2.75) is 13.3 Å². The molecule has 0 saturated heterocycles. The van der Waals surface area contributed by atoms with Gasteiger partial charge in [-0.25, -0.2) is 0 Å². The first-order chi connectivity index (χ1) is 9.39. The summed E-state index contributed by atoms with van der Waals surface area (Å²) in [4.78, 5) is 3.94. The monoisotopic (exact) mass is 278 g/mol. The van der Waals surface area contributed by atoms with Gasteiger partial charge in [0.1, 0.15) is 5.75 Å². The van der Waals surface area contributed by atoms with Gasteiger partial charge >= 0.3 is 6.36 Å². The molecule has 0 aliphatic carbocycles. The molecule has 0 amide bonds. The number of halogens is 3. The molecule has 6 heteroatoms. The van der Waals surface area contributed by atoms with Crippen LogP contribution in [0.4, 0.5) is 13.2 Å². The number of hydrogen-bond acceptors (Lipinski definition) is 3. The predicted octanol–water partition coefficient (Wildman–Crippen LogP) is 3.83. The van der Waals surface area contributed by atoms with E-state index in [4.69, 9.17) is 5.26 Å². The summed E-state index contributed by atoms with van der Waals surface area (Å²) in [5.74, 6) is -0.421. The molecule has 20 heavy (non-hydrogen) atoms. The Morgan fingerprint density at radius 2 is 2.00 bits per heavy atom. The Morgan fingerprint density at radius 1 is 1.25 bits per heavy atom. The smallest absolute Gasteiger partial charge is 0.406 e. The van der Waals surface area contributed by atoms with Crippen LogP contribution in [0.3, 0.4) is 0 Å². The second kappa shape index (κ2) is 5.21. The van der Waals surface area contributed by atoms with Crippen LogP contribution in [0, 0.1) is 18.3 Å². The van der Waals surface area contributed by atoms with E-state index in [1.54, 1.807) is 19.2 Å². The molecule has 0 unspecified atom stereocenters. The van der Waals surface area contributed by atoms with Gasteiger partial charge in [0.25, 0.3) is 0 Å². The lowest BCUT2D eigenvalue weighted by Crippen LogP contribution is -2.17. The first kappa shape index (κ1) is 13.9. The van der Waals surface area contributed by atoms with Crippen LogP contribution in [0.5, 0.6) is 5.75 Å². The largest absolute Gasteiger partial charge is 0.573 e. The molecule has 0 N–H and O–H groups in total. The molecule has 2 aromatic rings. The standard InChI is InChI=1S/C14H9F3N2O/c1-9-2-3-19-8-13(9)11-4-10(7-18)5-12(6-11)20-14(15,16)17/h2-6,8H,1H3. The summed E-state index contributed by atoms with van der Waals surface area (Å²) < 4.78 is 40.7. The molecule has 0 aliphatic rings. The summed E-state index contributed by atoms with van der Waals surface area (Å²) in [7, 11) is 0. The van der Waals surface area contributed by atoms with Crippen LogP contribution in [0.2, 0.25) is 0 Å². The van der Waals surface area contributed by atoms with Crippen molar-refractivity contribution < 1.29 is 17.9 Å². The number of nitrogens with zero attached hydrogens (tertiary/aromatic N) is 2. The number of hydrogen-bond donors (Lipinski definition) is 0. The maximum atomic E-state index is 12.3. The second-order valence-corrected chi connectivity index (χ2v) is 4.10. The van der Waals surface area contributed by atoms with E-state index >= 15 is 0 Å². The van der Waals surface area contributed by atoms with Gasteiger partial charge < -0.3 is 4.74 Å². The molecular weight excluding hydrogens is 269 g/mol. The van der Waals surface area contributed by atoms with Crippen LogP contribution in [-0.2, 0) is 0 Å². The van der Waals surface area contributed by atoms with E-state index in [1.165, 1.54) is 18.3 Å². The third-order valence-electron chi connectivity index (χ3n) is 2.62. The summed E-state index contributed by atoms with van der Waals surface area (Å²) in [5, 5.41) is 8.90. The highest BCUT2D eigenvalue weighted by Crippen LogP contribution is 2.30. The SMILES string of the molecule is Cc1ccncc1-c1cc(C#N)cc(OC(F)(F)F)c1. The highest BCUT2D eigenvalue weighted by molar-refractivity contribution is 5.69. The van der Waals surface area contributed by atoms with E-state index in [0.717, 1.165) is 11.6 Å². The van der Waals surface area contributed by atoms with Gasteiger partial charge in [-0.3, -0.25) is 4.98 Å². The average Bonchev–Trinajstić information content (AvgIpc) is 2.36. The van der Waals surface area contributed by atoms with Crippen LogP contribution >= 0.6 is 0 Å². The molecule has 0 spiro atoms. The Bertz CT molecular complexity index is 675. The van der Waals surface area contributed by atoms with Gasteiger partial charge in [0, 0.05) is 18.0 Å². The fourth-order valence-corrected chi connectivity index (χ4v) is 1.78. The van der Waals surface area contributed by atoms with Gasteiger partial charge in [-0.15, -0.1) is 13.2 Å². The lowest BCUT2D eigenvalue weighted by atomic mass is 10.0. The van der Waals surface area contributed by atoms with Gasteiger partial charge in [-0.05, 0) is 42.3 Å². The van der Waals surface area contributed by atoms with Crippen LogP contribution < -0.4 is 4.74 Å². The summed E-state index contributed by atoms with van der Waals surface area (Å²) >= 11 is 0. The van der Waals surface area contributed by atoms with Gasteiger partial charge in [0.05, 0.1) is 11.6 Å². The van der Waals surface area contributed by atoms with Crippen molar-refractivity contribution in [1.82, 2.24) is 4.98 Å². The molecule has 0 radical (unpaired) electrons. The van der Waals surface area contributed by atoms with Crippen LogP contribution in [0.25, 0.3) is 11.1 Å². The fraction of sp³-hybridized carbons (Fsp3) is 0.143. The van der Waals surface area contributed by atoms with E-state index < -0.39 is 12.1 Å². The van der Waals surface area contributed by atoms with Crippen molar-refractivity contribution in [2.75, 3.05) is 0 Å². The molecule has 0 fully saturated rings. The quantitative estimate of drug-likeness (QED) is 0.838. The molecule has 0 saturated carbocycles. The molecule has 0 atom stereocenters. The van der Waals surface area contributed by atoms with Gasteiger partial charge in [-0.1, -0.05) is 0 Å². The molecular formula is C14H9F3N2O. The van der Waals surface area contributed by atoms with E-state index in [2.05, 4.69) is 9.72 Å². The van der Waals surface area contributed by atoms with Crippen LogP contribution in [0.1, 0.15) is 11.1 Å². The Hall–Kier alpha value is -2.55. The Kier molecular flexibility index (Phi) is 3.61. The Labute approximate surface area is 113 Å². The predicted molar refractivity (Wildman–Crippen MR) is 65.8 cm³/mol. The number of aryl methyl sites for hydroxylation is 1. The number of pyridine rings is 1. The number of benzene rings is 1. The number of aromatic nitrogens is 1. The third-order valence-corrected chi connectivity index (χ3v) is 2.62. The number of ether oxygens (including phenoxy) is 1. The maximum Gasteiger partial charge on any atom is 0.573 e. The Balaban J connectivity index is 2.52. The lowest BCUT2D eigenvalue weighted by molar-refractivity contribution is -0.274. The lowest BCUT2D eigenvalue weighted by Gasteiger charge is -2.11. The van der Waals surface area contributed by atoms with Crippen molar-refractivity contribution in [1.29, 1.82) is 5.26 Å².